The molecule has 2 unspecified atom stereocenters. The van der Waals surface area contributed by atoms with Gasteiger partial charge in [0, 0.05) is 11.3 Å². The zero-order chi connectivity index (χ0) is 25.0. The van der Waals surface area contributed by atoms with Crippen LogP contribution in [-0.2, 0) is 10.3 Å². The summed E-state index contributed by atoms with van der Waals surface area (Å²) in [7, 11) is 0. The van der Waals surface area contributed by atoms with Gasteiger partial charge in [-0.05, 0) is 77.9 Å². The van der Waals surface area contributed by atoms with Crippen molar-refractivity contribution in [1.29, 1.82) is 0 Å². The van der Waals surface area contributed by atoms with Gasteiger partial charge in [-0.25, -0.2) is 0 Å². The van der Waals surface area contributed by atoms with E-state index in [9.17, 15) is 4.79 Å². The molecule has 186 valence electrons. The van der Waals surface area contributed by atoms with E-state index < -0.39 is 5.54 Å². The lowest BCUT2D eigenvalue weighted by atomic mass is 9.78. The van der Waals surface area contributed by atoms with Gasteiger partial charge in [0.05, 0.1) is 11.4 Å². The second-order valence-electron chi connectivity index (χ2n) is 10.1. The van der Waals surface area contributed by atoms with Crippen LogP contribution in [0.15, 0.2) is 82.4 Å². The van der Waals surface area contributed by atoms with Crippen LogP contribution in [0.25, 0.3) is 6.08 Å². The van der Waals surface area contributed by atoms with E-state index in [0.717, 1.165) is 27.4 Å². The van der Waals surface area contributed by atoms with E-state index in [1.165, 1.54) is 44.1 Å². The summed E-state index contributed by atoms with van der Waals surface area (Å²) in [5, 5.41) is 7.27. The van der Waals surface area contributed by atoms with Crippen LogP contribution < -0.4 is 5.32 Å². The van der Waals surface area contributed by atoms with Gasteiger partial charge in [0.25, 0.3) is 0 Å². The molecule has 3 heterocycles. The second kappa shape index (κ2) is 11.2. The molecule has 36 heavy (non-hydrogen) atoms. The number of amides is 1. The molecule has 5 heteroatoms. The number of carbonyl (C=O) groups is 1. The van der Waals surface area contributed by atoms with E-state index in [-0.39, 0.29) is 11.2 Å². The van der Waals surface area contributed by atoms with Crippen molar-refractivity contribution in [3.63, 3.8) is 0 Å². The summed E-state index contributed by atoms with van der Waals surface area (Å²) in [5.74, 6) is 0.629. The third-order valence-electron chi connectivity index (χ3n) is 7.44. The Balaban J connectivity index is 1.43. The number of carbonyl (C=O) groups excluding carboxylic acids is 1. The maximum absolute atomic E-state index is 13.6. The van der Waals surface area contributed by atoms with Gasteiger partial charge in [0.2, 0.25) is 5.91 Å². The third kappa shape index (κ3) is 5.37. The highest BCUT2D eigenvalue weighted by molar-refractivity contribution is 8.00. The van der Waals surface area contributed by atoms with E-state index >= 15 is 0 Å². The summed E-state index contributed by atoms with van der Waals surface area (Å²) in [6.45, 7) is 6.49. The molecule has 2 aliphatic rings. The van der Waals surface area contributed by atoms with Crippen LogP contribution in [0.4, 0.5) is 0 Å². The second-order valence-corrected chi connectivity index (χ2v) is 12.0. The summed E-state index contributed by atoms with van der Waals surface area (Å²) >= 11 is 3.23. The topological polar surface area (TPSA) is 42.0 Å². The zero-order valence-corrected chi connectivity index (χ0v) is 22.5. The summed E-state index contributed by atoms with van der Waals surface area (Å²) in [4.78, 5) is 19.8. The average molecular weight is 515 g/mol. The highest BCUT2D eigenvalue weighted by Gasteiger charge is 2.45. The van der Waals surface area contributed by atoms with Gasteiger partial charge in [-0.3, -0.25) is 9.78 Å². The molecule has 1 amide bonds. The van der Waals surface area contributed by atoms with Gasteiger partial charge >= 0.3 is 0 Å². The number of pyridine rings is 1. The Bertz CT molecular complexity index is 1220. The molecule has 2 aromatic heterocycles. The SMILES string of the molecule is C=C1CC(c2ccsc2)(c2cccc(/C=C\C3CCCCCC3)n2)NC(=O)C1Sc1ccccc1C. The molecule has 1 aromatic carbocycles. The van der Waals surface area contributed by atoms with Gasteiger partial charge in [0.15, 0.2) is 0 Å². The molecule has 0 radical (unpaired) electrons. The van der Waals surface area contributed by atoms with Crippen molar-refractivity contribution in [1.82, 2.24) is 10.3 Å². The number of hydrogen-bond donors (Lipinski definition) is 1. The molecular weight excluding hydrogens is 480 g/mol. The fourth-order valence-corrected chi connectivity index (χ4v) is 7.21. The van der Waals surface area contributed by atoms with Gasteiger partial charge in [-0.1, -0.05) is 68.2 Å². The van der Waals surface area contributed by atoms with E-state index in [1.54, 1.807) is 23.1 Å². The summed E-state index contributed by atoms with van der Waals surface area (Å²) in [5.41, 5.74) is 4.29. The Kier molecular flexibility index (Phi) is 7.78. The first kappa shape index (κ1) is 25.0. The number of allylic oxidation sites excluding steroid dienone is 1. The Hall–Kier alpha value is -2.63. The molecule has 1 saturated heterocycles. The van der Waals surface area contributed by atoms with Crippen LogP contribution in [0.3, 0.4) is 0 Å². The van der Waals surface area contributed by atoms with Crippen LogP contribution in [-0.4, -0.2) is 16.1 Å². The van der Waals surface area contributed by atoms with E-state index in [1.807, 2.05) is 18.2 Å². The van der Waals surface area contributed by atoms with Gasteiger partial charge in [0.1, 0.15) is 10.8 Å². The minimum atomic E-state index is -0.705. The van der Waals surface area contributed by atoms with Crippen molar-refractivity contribution in [3.8, 4) is 0 Å². The average Bonchev–Trinajstić information content (AvgIpc) is 3.31. The number of hydrogen-bond acceptors (Lipinski definition) is 4. The molecule has 0 bridgehead atoms. The lowest BCUT2D eigenvalue weighted by Gasteiger charge is -2.41. The number of thioether (sulfide) groups is 1. The maximum atomic E-state index is 13.6. The summed E-state index contributed by atoms with van der Waals surface area (Å²) in [6.07, 6.45) is 13.0. The van der Waals surface area contributed by atoms with Gasteiger partial charge in [-0.15, -0.1) is 11.8 Å². The number of benzene rings is 1. The number of aromatic nitrogens is 1. The molecule has 3 nitrogen and oxygen atoms in total. The monoisotopic (exact) mass is 514 g/mol. The Morgan fingerprint density at radius 2 is 1.89 bits per heavy atom. The fourth-order valence-electron chi connectivity index (χ4n) is 5.40. The lowest BCUT2D eigenvalue weighted by molar-refractivity contribution is -0.122. The number of nitrogens with one attached hydrogen (secondary N) is 1. The van der Waals surface area contributed by atoms with E-state index in [2.05, 4.69) is 72.1 Å². The fraction of sp³-hybridized carbons (Fsp3) is 0.355. The minimum absolute atomic E-state index is 0.00750. The van der Waals surface area contributed by atoms with Crippen LogP contribution in [0.2, 0.25) is 0 Å². The summed E-state index contributed by atoms with van der Waals surface area (Å²) in [6, 6.07) is 16.5. The van der Waals surface area contributed by atoms with Crippen LogP contribution in [0.5, 0.6) is 0 Å². The Morgan fingerprint density at radius 1 is 1.08 bits per heavy atom. The van der Waals surface area contributed by atoms with Crippen LogP contribution in [0.1, 0.15) is 67.5 Å². The molecule has 1 aliphatic carbocycles. The molecule has 2 atom stereocenters. The number of piperidine rings is 1. The first-order valence-electron chi connectivity index (χ1n) is 13.0. The van der Waals surface area contributed by atoms with Crippen molar-refractivity contribution in [2.75, 3.05) is 0 Å². The van der Waals surface area contributed by atoms with Crippen molar-refractivity contribution >= 4 is 35.1 Å². The normalized spacial score (nSPS) is 23.5. The number of thiophene rings is 1. The summed E-state index contributed by atoms with van der Waals surface area (Å²) < 4.78 is 0. The Labute approximate surface area is 223 Å². The molecule has 1 aliphatic heterocycles. The van der Waals surface area contributed by atoms with Crippen LogP contribution in [0, 0.1) is 12.8 Å². The van der Waals surface area contributed by atoms with E-state index in [0.29, 0.717) is 12.3 Å². The first-order chi connectivity index (χ1) is 17.5. The zero-order valence-electron chi connectivity index (χ0n) is 20.9. The molecule has 0 spiro atoms. The van der Waals surface area contributed by atoms with Crippen molar-refractivity contribution in [2.45, 2.75) is 67.6 Å². The van der Waals surface area contributed by atoms with Crippen LogP contribution >= 0.6 is 23.1 Å². The minimum Gasteiger partial charge on any atom is -0.339 e. The number of nitrogens with zero attached hydrogens (tertiary/aromatic N) is 1. The molecule has 1 saturated carbocycles. The quantitative estimate of drug-likeness (QED) is 0.268. The Morgan fingerprint density at radius 3 is 2.61 bits per heavy atom. The third-order valence-corrected chi connectivity index (χ3v) is 9.62. The van der Waals surface area contributed by atoms with E-state index in [4.69, 9.17) is 4.98 Å². The molecule has 5 rings (SSSR count). The maximum Gasteiger partial charge on any atom is 0.238 e. The molecule has 3 aromatic rings. The highest BCUT2D eigenvalue weighted by atomic mass is 32.2. The number of rotatable bonds is 6. The molecule has 2 fully saturated rings. The highest BCUT2D eigenvalue weighted by Crippen LogP contribution is 2.43. The largest absolute Gasteiger partial charge is 0.339 e. The van der Waals surface area contributed by atoms with Gasteiger partial charge < -0.3 is 5.32 Å². The predicted molar refractivity (Wildman–Crippen MR) is 152 cm³/mol. The number of aryl methyl sites for hydroxylation is 1. The lowest BCUT2D eigenvalue weighted by Crippen LogP contribution is -2.55. The smallest absolute Gasteiger partial charge is 0.238 e. The standard InChI is InChI=1S/C31H34N2OS2/c1-22-10-7-8-14-27(22)36-29-23(2)20-31(33-30(29)34,25-18-19-35-21-25)28-15-9-13-26(32-28)17-16-24-11-5-3-4-6-12-24/h7-10,13-19,21,24,29H,2-6,11-12,20H2,1H3,(H,33,34)/b17-16-. The molecular formula is C31H34N2OS2. The van der Waals surface area contributed by atoms with Crippen molar-refractivity contribution < 1.29 is 4.79 Å². The first-order valence-corrected chi connectivity index (χ1v) is 14.8. The van der Waals surface area contributed by atoms with Crippen molar-refractivity contribution in [2.24, 2.45) is 5.92 Å². The van der Waals surface area contributed by atoms with Crippen molar-refractivity contribution in [3.05, 3.63) is 100 Å². The van der Waals surface area contributed by atoms with Gasteiger partial charge in [-0.2, -0.15) is 11.3 Å². The molecule has 1 N–H and O–H groups in total. The predicted octanol–water partition coefficient (Wildman–Crippen LogP) is 7.92.